The molecule has 7 nitrogen and oxygen atoms in total. The number of aromatic nitrogens is 3. The Morgan fingerprint density at radius 2 is 2.08 bits per heavy atom. The molecule has 0 spiro atoms. The lowest BCUT2D eigenvalue weighted by Gasteiger charge is -2.32. The molecule has 1 aliphatic heterocycles. The first kappa shape index (κ1) is 18.1. The molecule has 1 saturated heterocycles. The average Bonchev–Trinajstić information content (AvgIpc) is 2.61. The van der Waals surface area contributed by atoms with E-state index in [0.29, 0.717) is 37.2 Å². The summed E-state index contributed by atoms with van der Waals surface area (Å²) in [6, 6.07) is 5.77. The van der Waals surface area contributed by atoms with E-state index in [1.165, 1.54) is 0 Å². The maximum Gasteiger partial charge on any atom is 0.317 e. The van der Waals surface area contributed by atoms with Crippen molar-refractivity contribution in [1.29, 1.82) is 0 Å². The fraction of sp³-hybridized carbons (Fsp3) is 0.474. The van der Waals surface area contributed by atoms with E-state index in [1.807, 2.05) is 26.8 Å². The topological polar surface area (TPSA) is 77.4 Å². The van der Waals surface area contributed by atoms with Gasteiger partial charge in [-0.3, -0.25) is 4.79 Å². The molecule has 1 atom stereocenters. The molecule has 138 valence electrons. The molecule has 3 heterocycles. The molecule has 0 aromatic carbocycles. The normalized spacial score (nSPS) is 17.0. The summed E-state index contributed by atoms with van der Waals surface area (Å²) in [6.45, 7) is 7.35. The van der Waals surface area contributed by atoms with Gasteiger partial charge in [-0.1, -0.05) is 0 Å². The van der Waals surface area contributed by atoms with Gasteiger partial charge in [-0.05, 0) is 51.8 Å². The van der Waals surface area contributed by atoms with Crippen molar-refractivity contribution in [2.75, 3.05) is 19.7 Å². The third kappa shape index (κ3) is 4.28. The smallest absolute Gasteiger partial charge is 0.317 e. The number of hydrogen-bond donors (Lipinski definition) is 0. The zero-order valence-corrected chi connectivity index (χ0v) is 15.4. The Kier molecular flexibility index (Phi) is 5.65. The molecule has 2 aromatic rings. The number of nitrogens with zero attached hydrogens (tertiary/aromatic N) is 4. The summed E-state index contributed by atoms with van der Waals surface area (Å²) in [6.07, 6.45) is 3.24. The highest BCUT2D eigenvalue weighted by atomic mass is 16.5. The molecule has 0 saturated carbocycles. The molecular formula is C19H24N4O3. The van der Waals surface area contributed by atoms with Gasteiger partial charge in [0, 0.05) is 24.1 Å². The first-order valence-electron chi connectivity index (χ1n) is 8.93. The fourth-order valence-electron chi connectivity index (χ4n) is 3.09. The van der Waals surface area contributed by atoms with Gasteiger partial charge in [-0.25, -0.2) is 15.0 Å². The molecule has 2 aromatic heterocycles. The number of pyridine rings is 1. The number of amides is 1. The molecule has 0 N–H and O–H groups in total. The third-order valence-corrected chi connectivity index (χ3v) is 4.18. The van der Waals surface area contributed by atoms with Crippen molar-refractivity contribution in [3.05, 3.63) is 41.3 Å². The van der Waals surface area contributed by atoms with Crippen molar-refractivity contribution in [3.63, 3.8) is 0 Å². The molecule has 3 rings (SSSR count). The molecule has 0 radical (unpaired) electrons. The van der Waals surface area contributed by atoms with Gasteiger partial charge < -0.3 is 14.4 Å². The van der Waals surface area contributed by atoms with Crippen LogP contribution in [0.25, 0.3) is 0 Å². The molecule has 0 aliphatic carbocycles. The van der Waals surface area contributed by atoms with E-state index in [-0.39, 0.29) is 12.0 Å². The van der Waals surface area contributed by atoms with E-state index in [2.05, 4.69) is 15.0 Å². The van der Waals surface area contributed by atoms with Crippen molar-refractivity contribution < 1.29 is 14.3 Å². The first-order valence-corrected chi connectivity index (χ1v) is 8.93. The molecule has 0 bridgehead atoms. The highest BCUT2D eigenvalue weighted by Crippen LogP contribution is 2.21. The number of likely N-dealkylation sites (tertiary alicyclic amines) is 1. The molecule has 1 unspecified atom stereocenters. The molecule has 1 amide bonds. The number of carbonyl (C=O) groups excluding carboxylic acids is 1. The summed E-state index contributed by atoms with van der Waals surface area (Å²) in [5.41, 5.74) is 2.22. The van der Waals surface area contributed by atoms with Crippen LogP contribution in [0.1, 0.15) is 41.5 Å². The van der Waals surface area contributed by atoms with E-state index in [1.54, 1.807) is 23.2 Å². The second-order valence-electron chi connectivity index (χ2n) is 6.36. The second kappa shape index (κ2) is 8.12. The van der Waals surface area contributed by atoms with E-state index >= 15 is 0 Å². The summed E-state index contributed by atoms with van der Waals surface area (Å²) < 4.78 is 11.4. The lowest BCUT2D eigenvalue weighted by Crippen LogP contribution is -2.44. The van der Waals surface area contributed by atoms with Crippen molar-refractivity contribution in [1.82, 2.24) is 19.9 Å². The molecule has 7 heteroatoms. The van der Waals surface area contributed by atoms with E-state index in [9.17, 15) is 4.79 Å². The largest absolute Gasteiger partial charge is 0.477 e. The van der Waals surface area contributed by atoms with Crippen molar-refractivity contribution >= 4 is 5.91 Å². The second-order valence-corrected chi connectivity index (χ2v) is 6.36. The summed E-state index contributed by atoms with van der Waals surface area (Å²) in [5.74, 6) is 0.289. The lowest BCUT2D eigenvalue weighted by molar-refractivity contribution is 0.0510. The van der Waals surface area contributed by atoms with E-state index in [0.717, 1.165) is 24.2 Å². The minimum absolute atomic E-state index is 0.0869. The zero-order valence-electron chi connectivity index (χ0n) is 15.4. The Hall–Kier alpha value is -2.70. The van der Waals surface area contributed by atoms with Gasteiger partial charge in [0.2, 0.25) is 5.88 Å². The first-order chi connectivity index (χ1) is 12.6. The number of rotatable bonds is 5. The Morgan fingerprint density at radius 1 is 1.31 bits per heavy atom. The van der Waals surface area contributed by atoms with Crippen molar-refractivity contribution in [2.45, 2.75) is 39.7 Å². The number of hydrogen-bond acceptors (Lipinski definition) is 6. The van der Waals surface area contributed by atoms with Crippen LogP contribution in [-0.4, -0.2) is 51.6 Å². The van der Waals surface area contributed by atoms with Crippen LogP contribution in [0.4, 0.5) is 0 Å². The predicted molar refractivity (Wildman–Crippen MR) is 96.5 cm³/mol. The summed E-state index contributed by atoms with van der Waals surface area (Å²) >= 11 is 0. The average molecular weight is 356 g/mol. The zero-order chi connectivity index (χ0) is 18.5. The number of ether oxygens (including phenoxy) is 2. The van der Waals surface area contributed by atoms with Crippen LogP contribution in [0.2, 0.25) is 0 Å². The van der Waals surface area contributed by atoms with Crippen molar-refractivity contribution in [2.24, 2.45) is 0 Å². The third-order valence-electron chi connectivity index (χ3n) is 4.18. The summed E-state index contributed by atoms with van der Waals surface area (Å²) in [7, 11) is 0. The van der Waals surface area contributed by atoms with Gasteiger partial charge in [-0.2, -0.15) is 0 Å². The van der Waals surface area contributed by atoms with Gasteiger partial charge in [-0.15, -0.1) is 0 Å². The maximum atomic E-state index is 12.9. The highest BCUT2D eigenvalue weighted by Gasteiger charge is 2.28. The van der Waals surface area contributed by atoms with Crippen molar-refractivity contribution in [3.8, 4) is 11.9 Å². The Labute approximate surface area is 153 Å². The van der Waals surface area contributed by atoms with Crippen LogP contribution in [-0.2, 0) is 0 Å². The molecule has 1 fully saturated rings. The SMILES string of the molecule is CCOc1ncccc1C(=O)N1CCCC(Oc2nc(C)cc(C)n2)C1. The molecule has 1 aliphatic rings. The Bertz CT molecular complexity index is 761. The highest BCUT2D eigenvalue weighted by molar-refractivity contribution is 5.96. The molecule has 26 heavy (non-hydrogen) atoms. The molecular weight excluding hydrogens is 332 g/mol. The number of piperidine rings is 1. The maximum absolute atomic E-state index is 12.9. The van der Waals surface area contributed by atoms with Gasteiger partial charge >= 0.3 is 6.01 Å². The lowest BCUT2D eigenvalue weighted by atomic mass is 10.1. The minimum atomic E-state index is -0.124. The van der Waals surface area contributed by atoms with Crippen LogP contribution in [0, 0.1) is 13.8 Å². The van der Waals surface area contributed by atoms with Gasteiger partial charge in [0.05, 0.1) is 13.2 Å². The Morgan fingerprint density at radius 3 is 2.81 bits per heavy atom. The predicted octanol–water partition coefficient (Wildman–Crippen LogP) is 2.57. The van der Waals surface area contributed by atoms with Gasteiger partial charge in [0.1, 0.15) is 11.7 Å². The van der Waals surface area contributed by atoms with Crippen LogP contribution < -0.4 is 9.47 Å². The van der Waals surface area contributed by atoms with Crippen LogP contribution in [0.3, 0.4) is 0 Å². The monoisotopic (exact) mass is 356 g/mol. The summed E-state index contributed by atoms with van der Waals surface area (Å²) in [4.78, 5) is 27.5. The number of aryl methyl sites for hydroxylation is 2. The minimum Gasteiger partial charge on any atom is -0.477 e. The van der Waals surface area contributed by atoms with Crippen LogP contribution in [0.15, 0.2) is 24.4 Å². The fourth-order valence-corrected chi connectivity index (χ4v) is 3.09. The van der Waals surface area contributed by atoms with Crippen LogP contribution in [0.5, 0.6) is 11.9 Å². The standard InChI is InChI=1S/C19H24N4O3/c1-4-25-17-16(8-5-9-20-17)18(24)23-10-6-7-15(12-23)26-19-21-13(2)11-14(3)22-19/h5,8-9,11,15H,4,6-7,10,12H2,1-3H3. The quantitative estimate of drug-likeness (QED) is 0.819. The Balaban J connectivity index is 1.71. The van der Waals surface area contributed by atoms with E-state index in [4.69, 9.17) is 9.47 Å². The van der Waals surface area contributed by atoms with Gasteiger partial charge in [0.25, 0.3) is 5.91 Å². The van der Waals surface area contributed by atoms with Crippen LogP contribution >= 0.6 is 0 Å². The number of carbonyl (C=O) groups is 1. The van der Waals surface area contributed by atoms with E-state index < -0.39 is 0 Å². The van der Waals surface area contributed by atoms with Gasteiger partial charge in [0.15, 0.2) is 0 Å². The summed E-state index contributed by atoms with van der Waals surface area (Å²) in [5, 5.41) is 0.